The number of rotatable bonds is 14. The second-order valence-electron chi connectivity index (χ2n) is 14.3. The molecule has 3 N–H and O–H groups in total. The topological polar surface area (TPSA) is 105 Å². The summed E-state index contributed by atoms with van der Waals surface area (Å²) < 4.78 is 20.2. The smallest absolute Gasteiger partial charge is 0.311 e. The fourth-order valence-corrected chi connectivity index (χ4v) is 11.5. The van der Waals surface area contributed by atoms with Gasteiger partial charge in [0.25, 0.3) is 8.32 Å². The molecule has 7 nitrogen and oxygen atoms in total. The van der Waals surface area contributed by atoms with Crippen molar-refractivity contribution in [3.8, 4) is 0 Å². The standard InChI is InChI=1S/C38H53BrO7Si/c1-27(23-29(40)17-15-16-22-39)24-33(41)37(6,7)34-25-30(26-38(44-8,45-34)28(2)35(42)43)46-47(36(3,4)5,31-18-11-9-12-19-31)32-20-13-10-14-21-32/h9-22,24,28-30,33-34,40-41H,23,25-26H2,1-8H3,(H,42,43)/b17-15+,22-16+,27-24+/t28?,29-,30+,33?,34+,38-/m0/s1. The Morgan fingerprint density at radius 2 is 1.60 bits per heavy atom. The molecular weight excluding hydrogens is 676 g/mol. The molecule has 258 valence electrons. The van der Waals surface area contributed by atoms with Gasteiger partial charge in [-0.05, 0) is 47.1 Å². The SMILES string of the molecule is CO[C@@]1(C(C)C(=O)O)C[C@H](O[Si](c2ccccc2)(c2ccccc2)C(C)(C)C)C[C@H](C(C)(C)C(O)/C=C(\C)C[C@@H](O)/C=C/C=C/Br)O1. The van der Waals surface area contributed by atoms with Crippen LogP contribution in [0.5, 0.6) is 0 Å². The fourth-order valence-electron chi connectivity index (χ4n) is 6.61. The van der Waals surface area contributed by atoms with Crippen molar-refractivity contribution in [2.75, 3.05) is 7.11 Å². The molecule has 3 rings (SSSR count). The maximum Gasteiger partial charge on any atom is 0.311 e. The molecule has 1 aliphatic rings. The molecule has 6 atom stereocenters. The van der Waals surface area contributed by atoms with E-state index in [9.17, 15) is 20.1 Å². The van der Waals surface area contributed by atoms with Crippen molar-refractivity contribution in [3.63, 3.8) is 0 Å². The van der Waals surface area contributed by atoms with Gasteiger partial charge in [0, 0.05) is 18.9 Å². The van der Waals surface area contributed by atoms with Gasteiger partial charge in [-0.25, -0.2) is 0 Å². The molecule has 2 aromatic carbocycles. The Kier molecular flexibility index (Phi) is 13.6. The lowest BCUT2D eigenvalue weighted by Gasteiger charge is -2.53. The zero-order valence-electron chi connectivity index (χ0n) is 29.0. The summed E-state index contributed by atoms with van der Waals surface area (Å²) in [6, 6.07) is 20.7. The van der Waals surface area contributed by atoms with Gasteiger partial charge in [0.15, 0.2) is 5.79 Å². The quantitative estimate of drug-likeness (QED) is 0.113. The summed E-state index contributed by atoms with van der Waals surface area (Å²) in [4.78, 5) is 14.2. The third-order valence-electron chi connectivity index (χ3n) is 9.55. The van der Waals surface area contributed by atoms with Gasteiger partial charge in [-0.2, -0.15) is 0 Å². The summed E-state index contributed by atoms with van der Waals surface area (Å²) in [7, 11) is -1.54. The molecule has 0 saturated carbocycles. The Morgan fingerprint density at radius 3 is 2.06 bits per heavy atom. The lowest BCUT2D eigenvalue weighted by molar-refractivity contribution is -0.322. The monoisotopic (exact) mass is 728 g/mol. The molecule has 0 aromatic heterocycles. The molecule has 0 spiro atoms. The molecule has 1 saturated heterocycles. The number of aliphatic hydroxyl groups is 2. The second kappa shape index (κ2) is 16.4. The predicted molar refractivity (Wildman–Crippen MR) is 195 cm³/mol. The number of benzene rings is 2. The van der Waals surface area contributed by atoms with Crippen molar-refractivity contribution in [2.24, 2.45) is 11.3 Å². The number of carboxylic acids is 1. The average molecular weight is 730 g/mol. The first kappa shape index (κ1) is 39.1. The van der Waals surface area contributed by atoms with Crippen molar-refractivity contribution < 1.29 is 34.0 Å². The molecule has 47 heavy (non-hydrogen) atoms. The van der Waals surface area contributed by atoms with Crippen molar-refractivity contribution in [1.29, 1.82) is 0 Å². The van der Waals surface area contributed by atoms with Crippen molar-refractivity contribution in [3.05, 3.63) is 95.5 Å². The van der Waals surface area contributed by atoms with Crippen LogP contribution >= 0.6 is 15.9 Å². The van der Waals surface area contributed by atoms with Crippen molar-refractivity contribution in [1.82, 2.24) is 0 Å². The molecule has 2 unspecified atom stereocenters. The Hall–Kier alpha value is -2.37. The van der Waals surface area contributed by atoms with Crippen LogP contribution in [-0.2, 0) is 18.7 Å². The van der Waals surface area contributed by atoms with E-state index < -0.39 is 55.8 Å². The highest BCUT2D eigenvalue weighted by molar-refractivity contribution is 9.11. The average Bonchev–Trinajstić information content (AvgIpc) is 3.03. The van der Waals surface area contributed by atoms with Crippen LogP contribution in [0.15, 0.2) is 95.5 Å². The summed E-state index contributed by atoms with van der Waals surface area (Å²) in [6.45, 7) is 13.9. The molecule has 1 fully saturated rings. The zero-order chi connectivity index (χ0) is 35.0. The molecule has 1 aliphatic heterocycles. The maximum atomic E-state index is 12.5. The lowest BCUT2D eigenvalue weighted by Crippen LogP contribution is -2.69. The number of hydrogen-bond acceptors (Lipinski definition) is 6. The number of methoxy groups -OCH3 is 1. The molecule has 2 aromatic rings. The van der Waals surface area contributed by atoms with Crippen LogP contribution in [0, 0.1) is 11.3 Å². The molecule has 1 heterocycles. The highest BCUT2D eigenvalue weighted by Gasteiger charge is 2.57. The van der Waals surface area contributed by atoms with E-state index in [1.807, 2.05) is 57.2 Å². The normalized spacial score (nSPS) is 23.6. The molecule has 9 heteroatoms. The van der Waals surface area contributed by atoms with E-state index in [4.69, 9.17) is 13.9 Å². The number of aliphatic carboxylic acids is 1. The fraction of sp³-hybridized carbons (Fsp3) is 0.500. The van der Waals surface area contributed by atoms with Crippen LogP contribution in [0.4, 0.5) is 0 Å². The lowest BCUT2D eigenvalue weighted by atomic mass is 9.74. The molecule has 0 amide bonds. The number of hydrogen-bond donors (Lipinski definition) is 3. The van der Waals surface area contributed by atoms with Crippen LogP contribution in [0.1, 0.15) is 67.7 Å². The summed E-state index contributed by atoms with van der Waals surface area (Å²) in [5, 5.41) is 34.3. The summed E-state index contributed by atoms with van der Waals surface area (Å²) in [5.41, 5.74) is -0.0608. The van der Waals surface area contributed by atoms with E-state index in [1.54, 1.807) is 36.2 Å². The highest BCUT2D eigenvalue weighted by Crippen LogP contribution is 2.47. The van der Waals surface area contributed by atoms with E-state index >= 15 is 0 Å². The van der Waals surface area contributed by atoms with Gasteiger partial charge in [0.1, 0.15) is 5.92 Å². The van der Waals surface area contributed by atoms with E-state index in [0.717, 1.165) is 15.9 Å². The largest absolute Gasteiger partial charge is 0.481 e. The van der Waals surface area contributed by atoms with Gasteiger partial charge in [-0.3, -0.25) is 4.79 Å². The Bertz CT molecular complexity index is 1350. The van der Waals surface area contributed by atoms with Crippen LogP contribution in [0.3, 0.4) is 0 Å². The molecular formula is C38H53BrO7Si. The molecule has 0 bridgehead atoms. The first-order chi connectivity index (χ1) is 22.0. The van der Waals surface area contributed by atoms with Crippen molar-refractivity contribution >= 4 is 40.6 Å². The number of halogens is 1. The van der Waals surface area contributed by atoms with Gasteiger partial charge < -0.3 is 29.2 Å². The highest BCUT2D eigenvalue weighted by atomic mass is 79.9. The number of ether oxygens (including phenoxy) is 2. The van der Waals surface area contributed by atoms with E-state index in [0.29, 0.717) is 12.8 Å². The van der Waals surface area contributed by atoms with Crippen LogP contribution in [-0.4, -0.2) is 66.9 Å². The first-order valence-electron chi connectivity index (χ1n) is 16.3. The minimum atomic E-state index is -3.02. The number of carboxylic acid groups (broad SMARTS) is 1. The van der Waals surface area contributed by atoms with Crippen LogP contribution in [0.25, 0.3) is 0 Å². The number of allylic oxidation sites excluding steroid dienone is 2. The van der Waals surface area contributed by atoms with Gasteiger partial charge in [-0.1, -0.05) is 141 Å². The van der Waals surface area contributed by atoms with E-state index in [2.05, 4.69) is 61.0 Å². The van der Waals surface area contributed by atoms with Gasteiger partial charge in [0.2, 0.25) is 0 Å². The third kappa shape index (κ3) is 9.00. The zero-order valence-corrected chi connectivity index (χ0v) is 31.6. The van der Waals surface area contributed by atoms with E-state index in [1.165, 1.54) is 7.11 Å². The van der Waals surface area contributed by atoms with Crippen LogP contribution < -0.4 is 10.4 Å². The summed E-state index contributed by atoms with van der Waals surface area (Å²) >= 11 is 3.21. The minimum absolute atomic E-state index is 0.209. The predicted octanol–water partition coefficient (Wildman–Crippen LogP) is 6.72. The first-order valence-corrected chi connectivity index (χ1v) is 19.1. The minimum Gasteiger partial charge on any atom is -0.481 e. The number of aliphatic hydroxyl groups excluding tert-OH is 2. The summed E-state index contributed by atoms with van der Waals surface area (Å²) in [5.74, 6) is -3.55. The molecule has 0 aliphatic carbocycles. The molecule has 0 radical (unpaired) electrons. The Labute approximate surface area is 290 Å². The maximum absolute atomic E-state index is 12.5. The summed E-state index contributed by atoms with van der Waals surface area (Å²) in [6.07, 6.45) is 5.18. The second-order valence-corrected chi connectivity index (χ2v) is 19.1. The van der Waals surface area contributed by atoms with Gasteiger partial charge >= 0.3 is 5.97 Å². The van der Waals surface area contributed by atoms with Crippen molar-refractivity contribution in [2.45, 2.75) is 103 Å². The van der Waals surface area contributed by atoms with Gasteiger partial charge in [-0.15, -0.1) is 0 Å². The van der Waals surface area contributed by atoms with E-state index in [-0.39, 0.29) is 11.5 Å². The Morgan fingerprint density at radius 1 is 1.04 bits per heavy atom. The number of carbonyl (C=O) groups is 1. The van der Waals surface area contributed by atoms with Gasteiger partial charge in [0.05, 0.1) is 24.4 Å². The Balaban J connectivity index is 2.10. The third-order valence-corrected chi connectivity index (χ3v) is 14.9. The van der Waals surface area contributed by atoms with Crippen LogP contribution in [0.2, 0.25) is 5.04 Å².